The Morgan fingerprint density at radius 3 is 2.26 bits per heavy atom. The number of nitrogens with one attached hydrogen (secondary N) is 1. The van der Waals surface area contributed by atoms with Crippen LogP contribution in [0.1, 0.15) is 17.3 Å². The van der Waals surface area contributed by atoms with Gasteiger partial charge in [-0.15, -0.1) is 0 Å². The van der Waals surface area contributed by atoms with Gasteiger partial charge in [0, 0.05) is 26.7 Å². The molecule has 6 nitrogen and oxygen atoms in total. The van der Waals surface area contributed by atoms with Gasteiger partial charge in [0.05, 0.1) is 17.2 Å². The van der Waals surface area contributed by atoms with Crippen LogP contribution in [0, 0.1) is 0 Å². The van der Waals surface area contributed by atoms with E-state index in [0.717, 1.165) is 0 Å². The highest BCUT2D eigenvalue weighted by Gasteiger charge is 2.26. The van der Waals surface area contributed by atoms with E-state index in [9.17, 15) is 13.2 Å². The highest BCUT2D eigenvalue weighted by Crippen LogP contribution is 2.41. The van der Waals surface area contributed by atoms with Crippen LogP contribution in [0.25, 0.3) is 33.1 Å². The van der Waals surface area contributed by atoms with E-state index >= 15 is 0 Å². The number of ether oxygens (including phenoxy) is 1. The summed E-state index contributed by atoms with van der Waals surface area (Å²) < 4.78 is 40.6. The van der Waals surface area contributed by atoms with Crippen molar-refractivity contribution in [2.24, 2.45) is 0 Å². The van der Waals surface area contributed by atoms with E-state index in [0.29, 0.717) is 43.8 Å². The maximum absolute atomic E-state index is 13.2. The summed E-state index contributed by atoms with van der Waals surface area (Å²) in [4.78, 5) is 13.1. The average Bonchev–Trinajstić information content (AvgIpc) is 3.25. The molecular formula is C27H20ClNO5S. The average molecular weight is 506 g/mol. The summed E-state index contributed by atoms with van der Waals surface area (Å²) in [7, 11) is -3.93. The first kappa shape index (κ1) is 23.0. The van der Waals surface area contributed by atoms with E-state index in [4.69, 9.17) is 20.8 Å². The van der Waals surface area contributed by atoms with Crippen molar-refractivity contribution in [1.29, 1.82) is 0 Å². The first-order valence-electron chi connectivity index (χ1n) is 10.9. The Kier molecular flexibility index (Phi) is 5.96. The molecule has 176 valence electrons. The molecular weight excluding hydrogens is 486 g/mol. The first-order chi connectivity index (χ1) is 16.9. The van der Waals surface area contributed by atoms with E-state index < -0.39 is 16.0 Å². The lowest BCUT2D eigenvalue weighted by Crippen LogP contribution is -2.13. The molecule has 0 aliphatic carbocycles. The summed E-state index contributed by atoms with van der Waals surface area (Å²) in [6.45, 7) is 1.91. The van der Waals surface area contributed by atoms with Crippen LogP contribution >= 0.6 is 11.6 Å². The van der Waals surface area contributed by atoms with Crippen molar-refractivity contribution in [2.45, 2.75) is 11.8 Å². The van der Waals surface area contributed by atoms with Gasteiger partial charge in [-0.1, -0.05) is 66.2 Å². The van der Waals surface area contributed by atoms with Crippen LogP contribution in [0.4, 0.5) is 5.69 Å². The zero-order valence-electron chi connectivity index (χ0n) is 18.6. The second-order valence-electron chi connectivity index (χ2n) is 7.80. The van der Waals surface area contributed by atoms with Gasteiger partial charge in [-0.05, 0) is 37.3 Å². The van der Waals surface area contributed by atoms with Crippen LogP contribution in [0.15, 0.2) is 94.2 Å². The van der Waals surface area contributed by atoms with E-state index in [2.05, 4.69) is 4.72 Å². The molecule has 0 spiro atoms. The van der Waals surface area contributed by atoms with Crippen molar-refractivity contribution >= 4 is 55.0 Å². The Labute approximate surface area is 207 Å². The molecule has 1 aromatic heterocycles. The van der Waals surface area contributed by atoms with Crippen LogP contribution in [-0.2, 0) is 14.8 Å². The summed E-state index contributed by atoms with van der Waals surface area (Å²) in [5.74, 6) is -0.186. The number of halogens is 1. The number of furan rings is 1. The number of carbonyl (C=O) groups is 1. The zero-order chi connectivity index (χ0) is 24.6. The topological polar surface area (TPSA) is 85.6 Å². The molecule has 5 rings (SSSR count). The third kappa shape index (κ3) is 4.24. The highest BCUT2D eigenvalue weighted by atomic mass is 35.5. The molecule has 0 aliphatic rings. The highest BCUT2D eigenvalue weighted by molar-refractivity contribution is 7.92. The Morgan fingerprint density at radius 1 is 0.914 bits per heavy atom. The third-order valence-corrected chi connectivity index (χ3v) is 7.21. The first-order valence-corrected chi connectivity index (χ1v) is 12.7. The van der Waals surface area contributed by atoms with Gasteiger partial charge in [-0.3, -0.25) is 4.72 Å². The normalized spacial score (nSPS) is 11.6. The molecule has 0 bridgehead atoms. The number of esters is 1. The van der Waals surface area contributed by atoms with E-state index in [1.54, 1.807) is 19.1 Å². The van der Waals surface area contributed by atoms with Crippen molar-refractivity contribution in [3.8, 4) is 11.3 Å². The van der Waals surface area contributed by atoms with Crippen molar-refractivity contribution in [3.05, 3.63) is 95.5 Å². The lowest BCUT2D eigenvalue weighted by Gasteiger charge is -2.12. The molecule has 8 heteroatoms. The molecule has 0 radical (unpaired) electrons. The summed E-state index contributed by atoms with van der Waals surface area (Å²) in [5, 5.41) is 2.17. The van der Waals surface area contributed by atoms with Gasteiger partial charge < -0.3 is 9.15 Å². The number of benzene rings is 4. The number of rotatable bonds is 6. The summed E-state index contributed by atoms with van der Waals surface area (Å²) in [5.41, 5.74) is 1.73. The minimum Gasteiger partial charge on any atom is -0.462 e. The summed E-state index contributed by atoms with van der Waals surface area (Å²) >= 11 is 5.92. The van der Waals surface area contributed by atoms with Gasteiger partial charge in [0.15, 0.2) is 0 Å². The van der Waals surface area contributed by atoms with E-state index in [-0.39, 0.29) is 17.1 Å². The molecule has 0 amide bonds. The predicted molar refractivity (Wildman–Crippen MR) is 137 cm³/mol. The van der Waals surface area contributed by atoms with Crippen LogP contribution in [0.2, 0.25) is 5.02 Å². The number of anilines is 1. The number of fused-ring (bicyclic) bond motifs is 3. The lowest BCUT2D eigenvalue weighted by atomic mass is 10.0. The molecule has 1 N–H and O–H groups in total. The van der Waals surface area contributed by atoms with Crippen LogP contribution in [-0.4, -0.2) is 21.0 Å². The van der Waals surface area contributed by atoms with Gasteiger partial charge in [0.2, 0.25) is 0 Å². The van der Waals surface area contributed by atoms with Gasteiger partial charge in [-0.25, -0.2) is 13.2 Å². The number of hydrogen-bond donors (Lipinski definition) is 1. The van der Waals surface area contributed by atoms with Crippen molar-refractivity contribution in [1.82, 2.24) is 0 Å². The molecule has 0 aliphatic heterocycles. The molecule has 0 fully saturated rings. The molecule has 0 saturated heterocycles. The molecule has 0 atom stereocenters. The molecule has 35 heavy (non-hydrogen) atoms. The molecule has 4 aromatic carbocycles. The zero-order valence-corrected chi connectivity index (χ0v) is 20.2. The Bertz CT molecular complexity index is 1660. The van der Waals surface area contributed by atoms with Crippen molar-refractivity contribution < 1.29 is 22.4 Å². The third-order valence-electron chi connectivity index (χ3n) is 5.58. The number of carbonyl (C=O) groups excluding carboxylic acids is 1. The minimum absolute atomic E-state index is 0.0638. The Hall–Kier alpha value is -3.81. The van der Waals surface area contributed by atoms with Crippen LogP contribution < -0.4 is 4.72 Å². The maximum atomic E-state index is 13.2. The Balaban J connectivity index is 1.77. The lowest BCUT2D eigenvalue weighted by molar-refractivity contribution is 0.0528. The second-order valence-corrected chi connectivity index (χ2v) is 9.92. The fourth-order valence-electron chi connectivity index (χ4n) is 4.02. The van der Waals surface area contributed by atoms with Crippen molar-refractivity contribution in [2.75, 3.05) is 11.3 Å². The predicted octanol–water partition coefficient (Wildman–Crippen LogP) is 6.88. The monoisotopic (exact) mass is 505 g/mol. The standard InChI is InChI=1S/C27H20ClNO5S/c1-2-33-27(30)24-22-16-23(29-35(31,32)19-14-12-18(28)13-15-19)20-10-6-7-11-21(20)26(22)34-25(24)17-8-4-3-5-9-17/h3-16,29H,2H2,1H3. The molecule has 0 unspecified atom stereocenters. The summed E-state index contributed by atoms with van der Waals surface area (Å²) in [6.07, 6.45) is 0. The SMILES string of the molecule is CCOC(=O)c1c(-c2ccccc2)oc2c1cc(NS(=O)(=O)c1ccc(Cl)cc1)c1ccccc12. The fourth-order valence-corrected chi connectivity index (χ4v) is 5.22. The largest absolute Gasteiger partial charge is 0.462 e. The molecule has 0 saturated carbocycles. The molecule has 1 heterocycles. The number of sulfonamides is 1. The quantitative estimate of drug-likeness (QED) is 0.254. The van der Waals surface area contributed by atoms with Crippen molar-refractivity contribution in [3.63, 3.8) is 0 Å². The summed E-state index contributed by atoms with van der Waals surface area (Å²) in [6, 6.07) is 24.0. The van der Waals surface area contributed by atoms with Crippen LogP contribution in [0.3, 0.4) is 0 Å². The van der Waals surface area contributed by atoms with Gasteiger partial charge >= 0.3 is 5.97 Å². The Morgan fingerprint density at radius 2 is 1.57 bits per heavy atom. The van der Waals surface area contributed by atoms with Gasteiger partial charge in [0.25, 0.3) is 10.0 Å². The van der Waals surface area contributed by atoms with Crippen LogP contribution in [0.5, 0.6) is 0 Å². The fraction of sp³-hybridized carbons (Fsp3) is 0.0741. The molecule has 5 aromatic rings. The van der Waals surface area contributed by atoms with Gasteiger partial charge in [-0.2, -0.15) is 0 Å². The second kappa shape index (κ2) is 9.09. The van der Waals surface area contributed by atoms with E-state index in [1.165, 1.54) is 24.3 Å². The van der Waals surface area contributed by atoms with E-state index in [1.807, 2.05) is 48.5 Å². The number of hydrogen-bond acceptors (Lipinski definition) is 5. The van der Waals surface area contributed by atoms with Gasteiger partial charge in [0.1, 0.15) is 16.9 Å². The maximum Gasteiger partial charge on any atom is 0.342 e. The minimum atomic E-state index is -3.93. The smallest absolute Gasteiger partial charge is 0.342 e.